The molecular formula is C11H12O5. The molecule has 0 bridgehead atoms. The van der Waals surface area contributed by atoms with Crippen molar-refractivity contribution in [1.82, 2.24) is 0 Å². The van der Waals surface area contributed by atoms with Crippen LogP contribution in [0, 0.1) is 6.92 Å². The van der Waals surface area contributed by atoms with E-state index in [9.17, 15) is 9.59 Å². The fourth-order valence-electron chi connectivity index (χ4n) is 1.31. The summed E-state index contributed by atoms with van der Waals surface area (Å²) >= 11 is 0. The van der Waals surface area contributed by atoms with Crippen LogP contribution in [0.15, 0.2) is 27.4 Å². The highest BCUT2D eigenvalue weighted by atomic mass is 16.5. The van der Waals surface area contributed by atoms with Crippen LogP contribution in [0.25, 0.3) is 0 Å². The first kappa shape index (κ1) is 12.0. The van der Waals surface area contributed by atoms with Crippen LogP contribution in [-0.4, -0.2) is 18.2 Å². The van der Waals surface area contributed by atoms with Crippen molar-refractivity contribution >= 4 is 5.97 Å². The van der Waals surface area contributed by atoms with Gasteiger partial charge in [-0.1, -0.05) is 6.08 Å². The highest BCUT2D eigenvalue weighted by Crippen LogP contribution is 2.20. The van der Waals surface area contributed by atoms with E-state index in [0.29, 0.717) is 23.5 Å². The lowest BCUT2D eigenvalue weighted by molar-refractivity contribution is -0.131. The van der Waals surface area contributed by atoms with Crippen molar-refractivity contribution in [2.45, 2.75) is 13.3 Å². The summed E-state index contributed by atoms with van der Waals surface area (Å²) in [5.74, 6) is -0.183. The second kappa shape index (κ2) is 5.16. The molecule has 1 aromatic heterocycles. The number of aryl methyl sites for hydroxylation is 1. The number of carboxylic acids is 1. The van der Waals surface area contributed by atoms with Crippen molar-refractivity contribution in [2.75, 3.05) is 7.11 Å². The number of hydrogen-bond acceptors (Lipinski definition) is 4. The van der Waals surface area contributed by atoms with Crippen molar-refractivity contribution in [1.29, 1.82) is 0 Å². The summed E-state index contributed by atoms with van der Waals surface area (Å²) in [7, 11) is 1.44. The SMILES string of the molecule is COc1cc(=O)oc(C)c1CC=CC(=O)O. The molecule has 0 aromatic carbocycles. The number of carbonyl (C=O) groups is 1. The lowest BCUT2D eigenvalue weighted by Crippen LogP contribution is -2.04. The van der Waals surface area contributed by atoms with Gasteiger partial charge in [-0.05, 0) is 13.3 Å². The van der Waals surface area contributed by atoms with Gasteiger partial charge in [0.15, 0.2) is 0 Å². The first-order chi connectivity index (χ1) is 7.54. The quantitative estimate of drug-likeness (QED) is 0.776. The van der Waals surface area contributed by atoms with E-state index in [0.717, 1.165) is 6.08 Å². The molecule has 0 saturated carbocycles. The van der Waals surface area contributed by atoms with E-state index in [1.165, 1.54) is 19.3 Å². The van der Waals surface area contributed by atoms with Gasteiger partial charge in [-0.15, -0.1) is 0 Å². The minimum atomic E-state index is -1.02. The zero-order chi connectivity index (χ0) is 12.1. The lowest BCUT2D eigenvalue weighted by atomic mass is 10.1. The van der Waals surface area contributed by atoms with Crippen molar-refractivity contribution in [2.24, 2.45) is 0 Å². The molecule has 5 nitrogen and oxygen atoms in total. The fourth-order valence-corrected chi connectivity index (χ4v) is 1.31. The van der Waals surface area contributed by atoms with Gasteiger partial charge in [0, 0.05) is 11.6 Å². The standard InChI is InChI=1S/C11H12O5/c1-7-8(4-3-5-10(12)13)9(15-2)6-11(14)16-7/h3,5-6H,4H2,1-2H3,(H,12,13). The Balaban J connectivity index is 3.03. The number of allylic oxidation sites excluding steroid dienone is 1. The first-order valence-corrected chi connectivity index (χ1v) is 4.61. The normalized spacial score (nSPS) is 10.6. The summed E-state index contributed by atoms with van der Waals surface area (Å²) in [4.78, 5) is 21.3. The van der Waals surface area contributed by atoms with E-state index in [2.05, 4.69) is 0 Å². The molecule has 0 amide bonds. The third-order valence-corrected chi connectivity index (χ3v) is 2.03. The molecule has 0 fully saturated rings. The number of carboxylic acid groups (broad SMARTS) is 1. The maximum atomic E-state index is 11.0. The molecule has 0 aliphatic rings. The van der Waals surface area contributed by atoms with Crippen molar-refractivity contribution in [3.05, 3.63) is 40.0 Å². The smallest absolute Gasteiger partial charge is 0.339 e. The first-order valence-electron chi connectivity index (χ1n) is 4.61. The van der Waals surface area contributed by atoms with Gasteiger partial charge in [-0.3, -0.25) is 0 Å². The highest BCUT2D eigenvalue weighted by Gasteiger charge is 2.08. The molecule has 0 atom stereocenters. The molecule has 0 unspecified atom stereocenters. The maximum absolute atomic E-state index is 11.0. The van der Waals surface area contributed by atoms with Gasteiger partial charge < -0.3 is 14.3 Å². The molecule has 1 heterocycles. The molecule has 0 saturated heterocycles. The summed E-state index contributed by atoms with van der Waals surface area (Å²) in [5.41, 5.74) is 0.180. The number of aliphatic carboxylic acids is 1. The second-order valence-electron chi connectivity index (χ2n) is 3.11. The van der Waals surface area contributed by atoms with E-state index in [-0.39, 0.29) is 0 Å². The lowest BCUT2D eigenvalue weighted by Gasteiger charge is -2.07. The molecule has 16 heavy (non-hydrogen) atoms. The molecule has 0 aliphatic heterocycles. The maximum Gasteiger partial charge on any atom is 0.339 e. The molecule has 5 heteroatoms. The fraction of sp³-hybridized carbons (Fsp3) is 0.273. The molecular weight excluding hydrogens is 212 g/mol. The third-order valence-electron chi connectivity index (χ3n) is 2.03. The summed E-state index contributed by atoms with van der Waals surface area (Å²) in [6.45, 7) is 1.63. The molecule has 1 N–H and O–H groups in total. The zero-order valence-electron chi connectivity index (χ0n) is 9.02. The Morgan fingerprint density at radius 2 is 2.31 bits per heavy atom. The second-order valence-corrected chi connectivity index (χ2v) is 3.11. The highest BCUT2D eigenvalue weighted by molar-refractivity contribution is 5.79. The van der Waals surface area contributed by atoms with Crippen LogP contribution in [-0.2, 0) is 11.2 Å². The van der Waals surface area contributed by atoms with Crippen molar-refractivity contribution in [3.8, 4) is 5.75 Å². The third kappa shape index (κ3) is 2.98. The van der Waals surface area contributed by atoms with Crippen LogP contribution in [0.5, 0.6) is 5.75 Å². The molecule has 1 aromatic rings. The minimum Gasteiger partial charge on any atom is -0.496 e. The molecule has 0 radical (unpaired) electrons. The van der Waals surface area contributed by atoms with Crippen LogP contribution < -0.4 is 10.4 Å². The zero-order valence-corrected chi connectivity index (χ0v) is 9.02. The molecule has 86 valence electrons. The minimum absolute atomic E-state index is 0.338. The van der Waals surface area contributed by atoms with Gasteiger partial charge in [-0.2, -0.15) is 0 Å². The largest absolute Gasteiger partial charge is 0.496 e. The summed E-state index contributed by atoms with van der Waals surface area (Å²) in [6, 6.07) is 1.23. The number of methoxy groups -OCH3 is 1. The average molecular weight is 224 g/mol. The van der Waals surface area contributed by atoms with Gasteiger partial charge in [0.25, 0.3) is 0 Å². The van der Waals surface area contributed by atoms with E-state index in [1.54, 1.807) is 6.92 Å². The topological polar surface area (TPSA) is 76.7 Å². The van der Waals surface area contributed by atoms with Gasteiger partial charge in [0.1, 0.15) is 11.5 Å². The van der Waals surface area contributed by atoms with Crippen LogP contribution in [0.4, 0.5) is 0 Å². The van der Waals surface area contributed by atoms with Crippen molar-refractivity contribution < 1.29 is 19.1 Å². The van der Waals surface area contributed by atoms with Gasteiger partial charge in [0.2, 0.25) is 0 Å². The summed E-state index contributed by atoms with van der Waals surface area (Å²) in [6.07, 6.45) is 2.84. The van der Waals surface area contributed by atoms with E-state index in [1.807, 2.05) is 0 Å². The Morgan fingerprint density at radius 1 is 1.62 bits per heavy atom. The van der Waals surface area contributed by atoms with E-state index < -0.39 is 11.6 Å². The Labute approximate surface area is 92.0 Å². The number of rotatable bonds is 4. The predicted octanol–water partition coefficient (Wildman–Crippen LogP) is 1.14. The van der Waals surface area contributed by atoms with Gasteiger partial charge >= 0.3 is 11.6 Å². The van der Waals surface area contributed by atoms with Crippen molar-refractivity contribution in [3.63, 3.8) is 0 Å². The van der Waals surface area contributed by atoms with E-state index >= 15 is 0 Å². The van der Waals surface area contributed by atoms with E-state index in [4.69, 9.17) is 14.3 Å². The Kier molecular flexibility index (Phi) is 3.88. The summed E-state index contributed by atoms with van der Waals surface area (Å²) in [5, 5.41) is 8.44. The molecule has 0 spiro atoms. The van der Waals surface area contributed by atoms with Gasteiger partial charge in [0.05, 0.1) is 13.2 Å². The predicted molar refractivity (Wildman–Crippen MR) is 56.7 cm³/mol. The molecule has 1 rings (SSSR count). The van der Waals surface area contributed by atoms with Crippen LogP contribution in [0.2, 0.25) is 0 Å². The Hall–Kier alpha value is -2.04. The van der Waals surface area contributed by atoms with Crippen LogP contribution >= 0.6 is 0 Å². The van der Waals surface area contributed by atoms with Crippen LogP contribution in [0.3, 0.4) is 0 Å². The summed E-state index contributed by atoms with van der Waals surface area (Å²) < 4.78 is 9.91. The number of hydrogen-bond donors (Lipinski definition) is 1. The van der Waals surface area contributed by atoms with Gasteiger partial charge in [-0.25, -0.2) is 9.59 Å². The van der Waals surface area contributed by atoms with Crippen LogP contribution in [0.1, 0.15) is 11.3 Å². The monoisotopic (exact) mass is 224 g/mol. The average Bonchev–Trinajstić information content (AvgIpc) is 2.20. The number of ether oxygens (including phenoxy) is 1. The molecule has 0 aliphatic carbocycles. The Morgan fingerprint density at radius 3 is 2.88 bits per heavy atom. The Bertz CT molecular complexity index is 470.